The molecule has 0 radical (unpaired) electrons. The van der Waals surface area contributed by atoms with Crippen LogP contribution in [0.25, 0.3) is 0 Å². The number of halogens is 4. The van der Waals surface area contributed by atoms with Gasteiger partial charge in [-0.3, -0.25) is 0 Å². The van der Waals surface area contributed by atoms with Crippen molar-refractivity contribution < 1.29 is 4.39 Å². The third-order valence-electron chi connectivity index (χ3n) is 2.96. The second-order valence-electron chi connectivity index (χ2n) is 4.81. The molecule has 0 heterocycles. The number of thiocarbonyl (C=S) groups is 1. The fraction of sp³-hybridized carbons (Fsp3) is 0.188. The van der Waals surface area contributed by atoms with Crippen molar-refractivity contribution in [2.75, 3.05) is 17.6 Å². The molecule has 0 bridgehead atoms. The number of hydrogen-bond acceptors (Lipinski definition) is 2. The zero-order chi connectivity index (χ0) is 17.5. The van der Waals surface area contributed by atoms with Crippen LogP contribution in [0.15, 0.2) is 36.4 Å². The van der Waals surface area contributed by atoms with Gasteiger partial charge in [-0.25, -0.2) is 4.39 Å². The van der Waals surface area contributed by atoms with Crippen molar-refractivity contribution in [1.82, 2.24) is 5.32 Å². The van der Waals surface area contributed by atoms with Gasteiger partial charge in [0.05, 0.1) is 15.1 Å². The van der Waals surface area contributed by atoms with Crippen molar-refractivity contribution in [3.63, 3.8) is 0 Å². The van der Waals surface area contributed by atoms with E-state index >= 15 is 0 Å². The molecule has 0 aliphatic rings. The van der Waals surface area contributed by atoms with E-state index in [9.17, 15) is 4.39 Å². The quantitative estimate of drug-likeness (QED) is 0.439. The molecule has 0 aliphatic heterocycles. The van der Waals surface area contributed by atoms with E-state index in [0.29, 0.717) is 27.4 Å². The molecule has 0 spiro atoms. The summed E-state index contributed by atoms with van der Waals surface area (Å²) < 4.78 is 13.1. The van der Waals surface area contributed by atoms with Crippen LogP contribution in [0, 0.1) is 5.82 Å². The summed E-state index contributed by atoms with van der Waals surface area (Å²) in [5.74, 6) is 1.25. The SMILES string of the molecule is Fc1ccc(NC(=S)NCCSCc2ccc(Cl)c(Cl)c2)cc1Cl. The van der Waals surface area contributed by atoms with Gasteiger partial charge in [0.1, 0.15) is 5.82 Å². The Morgan fingerprint density at radius 3 is 2.54 bits per heavy atom. The number of benzene rings is 2. The zero-order valence-electron chi connectivity index (χ0n) is 12.4. The first-order valence-corrected chi connectivity index (χ1v) is 9.67. The maximum atomic E-state index is 13.1. The maximum absolute atomic E-state index is 13.1. The molecule has 2 nitrogen and oxygen atoms in total. The highest BCUT2D eigenvalue weighted by molar-refractivity contribution is 7.98. The van der Waals surface area contributed by atoms with Gasteiger partial charge < -0.3 is 10.6 Å². The topological polar surface area (TPSA) is 24.1 Å². The molecule has 128 valence electrons. The summed E-state index contributed by atoms with van der Waals surface area (Å²) in [6.07, 6.45) is 0. The summed E-state index contributed by atoms with van der Waals surface area (Å²) in [6, 6.07) is 9.98. The van der Waals surface area contributed by atoms with E-state index < -0.39 is 5.82 Å². The lowest BCUT2D eigenvalue weighted by Crippen LogP contribution is -2.30. The Hall–Kier alpha value is -0.720. The molecule has 0 atom stereocenters. The molecule has 8 heteroatoms. The van der Waals surface area contributed by atoms with Gasteiger partial charge in [0.25, 0.3) is 0 Å². The predicted molar refractivity (Wildman–Crippen MR) is 108 cm³/mol. The Morgan fingerprint density at radius 2 is 1.83 bits per heavy atom. The summed E-state index contributed by atoms with van der Waals surface area (Å²) in [6.45, 7) is 0.701. The van der Waals surface area contributed by atoms with Crippen LogP contribution in [0.3, 0.4) is 0 Å². The van der Waals surface area contributed by atoms with Crippen molar-refractivity contribution in [2.24, 2.45) is 0 Å². The van der Waals surface area contributed by atoms with Gasteiger partial charge in [0.15, 0.2) is 5.11 Å². The van der Waals surface area contributed by atoms with Gasteiger partial charge >= 0.3 is 0 Å². The highest BCUT2D eigenvalue weighted by Crippen LogP contribution is 2.24. The van der Waals surface area contributed by atoms with E-state index in [2.05, 4.69) is 10.6 Å². The Balaban J connectivity index is 1.67. The predicted octanol–water partition coefficient (Wildman–Crippen LogP) is 6.01. The standard InChI is InChI=1S/C16H14Cl3FN2S2/c17-12-3-1-10(7-13(12)18)9-24-6-5-21-16(23)22-11-2-4-15(20)14(19)8-11/h1-4,7-8H,5-6,9H2,(H2,21,22,23). The van der Waals surface area contributed by atoms with Crippen LogP contribution in [-0.2, 0) is 5.75 Å². The fourth-order valence-electron chi connectivity index (χ4n) is 1.81. The molecule has 24 heavy (non-hydrogen) atoms. The summed E-state index contributed by atoms with van der Waals surface area (Å²) >= 11 is 24.5. The fourth-order valence-corrected chi connectivity index (χ4v) is 3.33. The molecule has 0 aliphatic carbocycles. The smallest absolute Gasteiger partial charge is 0.170 e. The molecular weight excluding hydrogens is 410 g/mol. The van der Waals surface area contributed by atoms with Crippen molar-refractivity contribution in [3.8, 4) is 0 Å². The third kappa shape index (κ3) is 6.30. The molecule has 2 aromatic rings. The average Bonchev–Trinajstić information content (AvgIpc) is 2.54. The first-order chi connectivity index (χ1) is 11.5. The minimum Gasteiger partial charge on any atom is -0.362 e. The average molecular weight is 424 g/mol. The van der Waals surface area contributed by atoms with Crippen LogP contribution < -0.4 is 10.6 Å². The molecule has 0 fully saturated rings. The van der Waals surface area contributed by atoms with Crippen molar-refractivity contribution in [2.45, 2.75) is 5.75 Å². The third-order valence-corrected chi connectivity index (χ3v) is 5.27. The molecule has 0 saturated heterocycles. The van der Waals surface area contributed by atoms with Crippen molar-refractivity contribution in [1.29, 1.82) is 0 Å². The lowest BCUT2D eigenvalue weighted by atomic mass is 10.2. The van der Waals surface area contributed by atoms with E-state index in [1.54, 1.807) is 23.9 Å². The summed E-state index contributed by atoms with van der Waals surface area (Å²) in [7, 11) is 0. The Morgan fingerprint density at radius 1 is 1.04 bits per heavy atom. The van der Waals surface area contributed by atoms with Crippen LogP contribution in [0.1, 0.15) is 5.56 Å². The Kier molecular flexibility index (Phi) is 7.91. The number of hydrogen-bond donors (Lipinski definition) is 2. The van der Waals surface area contributed by atoms with Crippen LogP contribution in [0.5, 0.6) is 0 Å². The highest BCUT2D eigenvalue weighted by atomic mass is 35.5. The van der Waals surface area contributed by atoms with Crippen LogP contribution in [0.4, 0.5) is 10.1 Å². The number of nitrogens with one attached hydrogen (secondary N) is 2. The van der Waals surface area contributed by atoms with Crippen molar-refractivity contribution >= 4 is 69.6 Å². The summed E-state index contributed by atoms with van der Waals surface area (Å²) in [4.78, 5) is 0. The lowest BCUT2D eigenvalue weighted by Gasteiger charge is -2.11. The highest BCUT2D eigenvalue weighted by Gasteiger charge is 2.03. The Bertz CT molecular complexity index is 728. The molecule has 0 saturated carbocycles. The van der Waals surface area contributed by atoms with Gasteiger partial charge in [-0.2, -0.15) is 11.8 Å². The molecule has 2 rings (SSSR count). The van der Waals surface area contributed by atoms with Crippen LogP contribution in [-0.4, -0.2) is 17.4 Å². The Labute approximate surface area is 165 Å². The van der Waals surface area contributed by atoms with Gasteiger partial charge in [-0.05, 0) is 48.1 Å². The molecular formula is C16H14Cl3FN2S2. The van der Waals surface area contributed by atoms with E-state index in [1.807, 2.05) is 12.1 Å². The molecule has 0 unspecified atom stereocenters. The van der Waals surface area contributed by atoms with E-state index in [-0.39, 0.29) is 5.02 Å². The number of thioether (sulfide) groups is 1. The monoisotopic (exact) mass is 422 g/mol. The van der Waals surface area contributed by atoms with Crippen LogP contribution >= 0.6 is 58.8 Å². The molecule has 2 aromatic carbocycles. The van der Waals surface area contributed by atoms with E-state index in [1.165, 1.54) is 12.1 Å². The van der Waals surface area contributed by atoms with E-state index in [0.717, 1.165) is 17.1 Å². The van der Waals surface area contributed by atoms with Gasteiger partial charge in [-0.15, -0.1) is 0 Å². The minimum absolute atomic E-state index is 0.0555. The van der Waals surface area contributed by atoms with Crippen LogP contribution in [0.2, 0.25) is 15.1 Å². The summed E-state index contributed by atoms with van der Waals surface area (Å²) in [5.41, 5.74) is 1.76. The van der Waals surface area contributed by atoms with E-state index in [4.69, 9.17) is 47.0 Å². The molecule has 0 amide bonds. The zero-order valence-corrected chi connectivity index (χ0v) is 16.3. The van der Waals surface area contributed by atoms with Gasteiger partial charge in [0.2, 0.25) is 0 Å². The molecule has 0 aromatic heterocycles. The lowest BCUT2D eigenvalue weighted by molar-refractivity contribution is 0.628. The molecule has 2 N–H and O–H groups in total. The first kappa shape index (κ1) is 19.6. The van der Waals surface area contributed by atoms with Gasteiger partial charge in [0, 0.05) is 23.7 Å². The second-order valence-corrected chi connectivity index (χ2v) is 7.55. The van der Waals surface area contributed by atoms with Gasteiger partial charge in [-0.1, -0.05) is 40.9 Å². The summed E-state index contributed by atoms with van der Waals surface area (Å²) in [5, 5.41) is 7.69. The normalized spacial score (nSPS) is 10.5. The number of rotatable bonds is 6. The second kappa shape index (κ2) is 9.68. The number of anilines is 1. The van der Waals surface area contributed by atoms with Crippen molar-refractivity contribution in [3.05, 3.63) is 62.8 Å². The maximum Gasteiger partial charge on any atom is 0.170 e. The first-order valence-electron chi connectivity index (χ1n) is 6.97. The minimum atomic E-state index is -0.459. The largest absolute Gasteiger partial charge is 0.362 e.